The van der Waals surface area contributed by atoms with Gasteiger partial charge in [0.15, 0.2) is 6.10 Å². The van der Waals surface area contributed by atoms with Gasteiger partial charge >= 0.3 is 0 Å². The van der Waals surface area contributed by atoms with Crippen LogP contribution in [-0.4, -0.2) is 63.6 Å². The van der Waals surface area contributed by atoms with E-state index in [-0.39, 0.29) is 17.6 Å². The van der Waals surface area contributed by atoms with E-state index < -0.39 is 11.7 Å². The number of fused-ring (bicyclic) bond motifs is 2. The van der Waals surface area contributed by atoms with Crippen LogP contribution in [0.15, 0.2) is 30.6 Å². The number of carbonyl (C=O) groups is 2. The Bertz CT molecular complexity index is 883. The minimum Gasteiger partial charge on any atom is -0.352 e. The number of benzene rings is 1. The van der Waals surface area contributed by atoms with E-state index in [4.69, 9.17) is 4.74 Å². The molecule has 1 fully saturated rings. The van der Waals surface area contributed by atoms with E-state index >= 15 is 0 Å². The minimum absolute atomic E-state index is 0.0597. The zero-order valence-corrected chi connectivity index (χ0v) is 15.8. The van der Waals surface area contributed by atoms with Crippen molar-refractivity contribution in [3.8, 4) is 0 Å². The molecule has 0 bridgehead atoms. The second-order valence-electron chi connectivity index (χ2n) is 7.35. The third kappa shape index (κ3) is 2.90. The number of rotatable bonds is 2. The highest BCUT2D eigenvalue weighted by molar-refractivity contribution is 5.90. The lowest BCUT2D eigenvalue weighted by molar-refractivity contribution is -0.157. The van der Waals surface area contributed by atoms with Gasteiger partial charge in [-0.1, -0.05) is 24.3 Å². The number of ether oxygens (including phenoxy) is 1. The number of piperidine rings is 1. The molecule has 3 heterocycles. The Kier molecular flexibility index (Phi) is 4.22. The fraction of sp³-hybridized carbons (Fsp3) is 0.474. The van der Waals surface area contributed by atoms with Gasteiger partial charge in [0.05, 0.1) is 5.60 Å². The highest BCUT2D eigenvalue weighted by Gasteiger charge is 2.49. The molecule has 8 nitrogen and oxygen atoms in total. The van der Waals surface area contributed by atoms with Crippen molar-refractivity contribution < 1.29 is 14.3 Å². The molecular formula is C19H23N5O3. The van der Waals surface area contributed by atoms with Gasteiger partial charge in [-0.05, 0) is 24.0 Å². The standard InChI is InChI=1S/C19H23N5O3/c1-22(2)17(25)15-13-6-4-5-7-14(13)19(27-15)8-10-24(11-9-19)18(26)16-20-12-23(3)21-16/h4-7,12,15H,8-11H2,1-3H3/t15-/m1/s1. The Hall–Kier alpha value is -2.74. The smallest absolute Gasteiger partial charge is 0.293 e. The molecule has 142 valence electrons. The summed E-state index contributed by atoms with van der Waals surface area (Å²) in [6.07, 6.45) is 2.21. The third-order valence-corrected chi connectivity index (χ3v) is 5.39. The monoisotopic (exact) mass is 369 g/mol. The molecule has 1 atom stereocenters. The first-order chi connectivity index (χ1) is 12.9. The SMILES string of the molecule is CN(C)C(=O)[C@@H]1OC2(CCN(C(=O)c3ncn(C)n3)CC2)c2ccccc21. The molecule has 1 saturated heterocycles. The number of likely N-dealkylation sites (tertiary alicyclic amines) is 1. The molecule has 0 radical (unpaired) electrons. The average molecular weight is 369 g/mol. The maximum absolute atomic E-state index is 12.6. The second kappa shape index (κ2) is 6.45. The molecule has 2 aliphatic rings. The van der Waals surface area contributed by atoms with Crippen LogP contribution in [0.3, 0.4) is 0 Å². The summed E-state index contributed by atoms with van der Waals surface area (Å²) in [4.78, 5) is 32.6. The Morgan fingerprint density at radius 1 is 1.22 bits per heavy atom. The lowest BCUT2D eigenvalue weighted by Crippen LogP contribution is -2.46. The van der Waals surface area contributed by atoms with Crippen LogP contribution in [0, 0.1) is 0 Å². The summed E-state index contributed by atoms with van der Waals surface area (Å²) in [7, 11) is 5.21. The summed E-state index contributed by atoms with van der Waals surface area (Å²) in [5.41, 5.74) is 1.47. The molecule has 27 heavy (non-hydrogen) atoms. The molecule has 2 aromatic rings. The topological polar surface area (TPSA) is 80.6 Å². The molecule has 1 aromatic heterocycles. The first kappa shape index (κ1) is 17.7. The molecule has 1 spiro atoms. The van der Waals surface area contributed by atoms with Gasteiger partial charge in [0.2, 0.25) is 5.82 Å². The lowest BCUT2D eigenvalue weighted by atomic mass is 9.83. The number of amides is 2. The second-order valence-corrected chi connectivity index (χ2v) is 7.35. The fourth-order valence-electron chi connectivity index (χ4n) is 3.95. The number of carbonyl (C=O) groups excluding carboxylic acids is 2. The molecule has 0 saturated carbocycles. The van der Waals surface area contributed by atoms with Crippen molar-refractivity contribution in [1.82, 2.24) is 24.6 Å². The molecule has 2 amide bonds. The zero-order chi connectivity index (χ0) is 19.2. The van der Waals surface area contributed by atoms with Crippen LogP contribution in [-0.2, 0) is 22.2 Å². The van der Waals surface area contributed by atoms with E-state index in [2.05, 4.69) is 10.1 Å². The van der Waals surface area contributed by atoms with Crippen LogP contribution in [0.5, 0.6) is 0 Å². The van der Waals surface area contributed by atoms with Gasteiger partial charge in [0.1, 0.15) is 6.33 Å². The molecule has 0 aliphatic carbocycles. The van der Waals surface area contributed by atoms with E-state index in [1.165, 1.54) is 11.0 Å². The summed E-state index contributed by atoms with van der Waals surface area (Å²) in [5.74, 6) is -0.0185. The van der Waals surface area contributed by atoms with Gasteiger partial charge in [-0.25, -0.2) is 4.98 Å². The van der Waals surface area contributed by atoms with Gasteiger partial charge in [-0.3, -0.25) is 14.3 Å². The number of likely N-dealkylation sites (N-methyl/N-ethyl adjacent to an activating group) is 1. The van der Waals surface area contributed by atoms with Crippen LogP contribution in [0.4, 0.5) is 0 Å². The van der Waals surface area contributed by atoms with Gasteiger partial charge < -0.3 is 14.5 Å². The average Bonchev–Trinajstić information content (AvgIpc) is 3.24. The molecule has 0 N–H and O–H groups in total. The van der Waals surface area contributed by atoms with Crippen molar-refractivity contribution in [1.29, 1.82) is 0 Å². The summed E-state index contributed by atoms with van der Waals surface area (Å²) in [6, 6.07) is 7.91. The minimum atomic E-state index is -0.587. The van der Waals surface area contributed by atoms with Crippen LogP contribution in [0.2, 0.25) is 0 Å². The Morgan fingerprint density at radius 2 is 1.93 bits per heavy atom. The van der Waals surface area contributed by atoms with Crippen molar-refractivity contribution >= 4 is 11.8 Å². The van der Waals surface area contributed by atoms with E-state index in [1.807, 2.05) is 24.3 Å². The molecule has 1 aromatic carbocycles. The van der Waals surface area contributed by atoms with Gasteiger partial charge in [0, 0.05) is 34.2 Å². The van der Waals surface area contributed by atoms with Crippen LogP contribution < -0.4 is 0 Å². The van der Waals surface area contributed by atoms with Gasteiger partial charge in [-0.15, -0.1) is 5.10 Å². The number of aromatic nitrogens is 3. The summed E-state index contributed by atoms with van der Waals surface area (Å²) >= 11 is 0. The first-order valence-electron chi connectivity index (χ1n) is 9.04. The summed E-state index contributed by atoms with van der Waals surface area (Å²) in [6.45, 7) is 1.07. The maximum atomic E-state index is 12.6. The molecule has 8 heteroatoms. The van der Waals surface area contributed by atoms with E-state index in [0.717, 1.165) is 11.1 Å². The van der Waals surface area contributed by atoms with Crippen molar-refractivity contribution in [3.63, 3.8) is 0 Å². The molecule has 4 rings (SSSR count). The molecular weight excluding hydrogens is 346 g/mol. The summed E-state index contributed by atoms with van der Waals surface area (Å²) < 4.78 is 7.88. The third-order valence-electron chi connectivity index (χ3n) is 5.39. The Balaban J connectivity index is 1.55. The quantitative estimate of drug-likeness (QED) is 0.792. The summed E-state index contributed by atoms with van der Waals surface area (Å²) in [5, 5.41) is 4.10. The van der Waals surface area contributed by atoms with E-state index in [0.29, 0.717) is 25.9 Å². The first-order valence-corrected chi connectivity index (χ1v) is 9.04. The highest BCUT2D eigenvalue weighted by atomic mass is 16.5. The van der Waals surface area contributed by atoms with E-state index in [9.17, 15) is 9.59 Å². The predicted molar refractivity (Wildman–Crippen MR) is 96.8 cm³/mol. The molecule has 0 unspecified atom stereocenters. The largest absolute Gasteiger partial charge is 0.352 e. The van der Waals surface area contributed by atoms with Crippen molar-refractivity contribution in [3.05, 3.63) is 47.5 Å². The Labute approximate surface area is 157 Å². The zero-order valence-electron chi connectivity index (χ0n) is 15.8. The predicted octanol–water partition coefficient (Wildman–Crippen LogP) is 1.11. The van der Waals surface area contributed by atoms with Crippen molar-refractivity contribution in [2.45, 2.75) is 24.5 Å². The highest BCUT2D eigenvalue weighted by Crippen LogP contribution is 2.49. The number of aryl methyl sites for hydroxylation is 1. The van der Waals surface area contributed by atoms with Crippen LogP contribution >= 0.6 is 0 Å². The maximum Gasteiger partial charge on any atom is 0.293 e. The fourth-order valence-corrected chi connectivity index (χ4v) is 3.95. The van der Waals surface area contributed by atoms with E-state index in [1.54, 1.807) is 30.9 Å². The van der Waals surface area contributed by atoms with Crippen molar-refractivity contribution in [2.24, 2.45) is 7.05 Å². The molecule has 2 aliphatic heterocycles. The van der Waals surface area contributed by atoms with Crippen LogP contribution in [0.1, 0.15) is 40.7 Å². The van der Waals surface area contributed by atoms with Crippen molar-refractivity contribution in [2.75, 3.05) is 27.2 Å². The normalized spacial score (nSPS) is 20.6. The number of hydrogen-bond donors (Lipinski definition) is 0. The van der Waals surface area contributed by atoms with Gasteiger partial charge in [-0.2, -0.15) is 0 Å². The Morgan fingerprint density at radius 3 is 2.56 bits per heavy atom. The van der Waals surface area contributed by atoms with Crippen LogP contribution in [0.25, 0.3) is 0 Å². The van der Waals surface area contributed by atoms with Gasteiger partial charge in [0.25, 0.3) is 11.8 Å². The number of hydrogen-bond acceptors (Lipinski definition) is 5. The number of nitrogens with zero attached hydrogens (tertiary/aromatic N) is 5. The lowest BCUT2D eigenvalue weighted by Gasteiger charge is -2.39.